The predicted molar refractivity (Wildman–Crippen MR) is 104 cm³/mol. The van der Waals surface area contributed by atoms with Crippen LogP contribution in [0.5, 0.6) is 0 Å². The second kappa shape index (κ2) is 7.01. The van der Waals surface area contributed by atoms with Crippen LogP contribution in [0.15, 0.2) is 29.6 Å². The second-order valence-electron chi connectivity index (χ2n) is 6.09. The molecule has 0 bridgehead atoms. The summed E-state index contributed by atoms with van der Waals surface area (Å²) in [6, 6.07) is 7.55. The molecule has 27 heavy (non-hydrogen) atoms. The first-order valence-corrected chi connectivity index (χ1v) is 9.20. The Bertz CT molecular complexity index is 980. The zero-order valence-corrected chi connectivity index (χ0v) is 16.1. The SMILES string of the molecule is CCOC(=O)[C@](O)(c1csc(N)n1)c1c(C)nn(-c2ccc(C)cc2)c1N. The predicted octanol–water partition coefficient (Wildman–Crippen LogP) is 1.91. The van der Waals surface area contributed by atoms with Crippen LogP contribution in [-0.4, -0.2) is 32.4 Å². The third-order valence-corrected chi connectivity index (χ3v) is 4.87. The summed E-state index contributed by atoms with van der Waals surface area (Å²) in [6.07, 6.45) is 0. The van der Waals surface area contributed by atoms with Crippen molar-refractivity contribution in [3.63, 3.8) is 0 Å². The Hall–Kier alpha value is -2.91. The maximum atomic E-state index is 12.7. The number of nitrogens with two attached hydrogens (primary N) is 2. The van der Waals surface area contributed by atoms with Crippen molar-refractivity contribution in [1.29, 1.82) is 0 Å². The molecule has 1 aromatic carbocycles. The highest BCUT2D eigenvalue weighted by Crippen LogP contribution is 2.38. The van der Waals surface area contributed by atoms with Gasteiger partial charge in [-0.25, -0.2) is 14.5 Å². The quantitative estimate of drug-likeness (QED) is 0.570. The third-order valence-electron chi connectivity index (χ3n) is 4.20. The molecule has 8 nitrogen and oxygen atoms in total. The molecule has 0 spiro atoms. The first-order chi connectivity index (χ1) is 12.8. The van der Waals surface area contributed by atoms with Crippen LogP contribution < -0.4 is 11.5 Å². The second-order valence-corrected chi connectivity index (χ2v) is 6.98. The van der Waals surface area contributed by atoms with Crippen LogP contribution in [0, 0.1) is 13.8 Å². The van der Waals surface area contributed by atoms with Gasteiger partial charge in [0.1, 0.15) is 11.5 Å². The smallest absolute Gasteiger partial charge is 0.349 e. The Morgan fingerprint density at radius 1 is 1.30 bits per heavy atom. The van der Waals surface area contributed by atoms with Gasteiger partial charge in [0, 0.05) is 5.38 Å². The maximum Gasteiger partial charge on any atom is 0.349 e. The number of benzene rings is 1. The number of nitrogen functional groups attached to an aromatic ring is 2. The van der Waals surface area contributed by atoms with Crippen molar-refractivity contribution >= 4 is 28.3 Å². The van der Waals surface area contributed by atoms with Crippen LogP contribution in [0.2, 0.25) is 0 Å². The molecule has 9 heteroatoms. The molecule has 0 aliphatic rings. The Labute approximate surface area is 160 Å². The fourth-order valence-corrected chi connectivity index (χ4v) is 3.51. The van der Waals surface area contributed by atoms with Gasteiger partial charge in [-0.2, -0.15) is 5.10 Å². The van der Waals surface area contributed by atoms with E-state index >= 15 is 0 Å². The molecule has 0 aliphatic carbocycles. The van der Waals surface area contributed by atoms with Gasteiger partial charge in [0.05, 0.1) is 23.6 Å². The molecule has 142 valence electrons. The number of thiazole rings is 1. The Balaban J connectivity index is 2.21. The molecule has 5 N–H and O–H groups in total. The van der Waals surface area contributed by atoms with Crippen molar-refractivity contribution in [2.45, 2.75) is 26.4 Å². The molecule has 1 atom stereocenters. The molecule has 0 saturated carbocycles. The topological polar surface area (TPSA) is 129 Å². The molecule has 3 rings (SSSR count). The summed E-state index contributed by atoms with van der Waals surface area (Å²) in [7, 11) is 0. The summed E-state index contributed by atoms with van der Waals surface area (Å²) in [6.45, 7) is 5.38. The van der Waals surface area contributed by atoms with Gasteiger partial charge >= 0.3 is 5.97 Å². The minimum absolute atomic E-state index is 0.0571. The van der Waals surface area contributed by atoms with E-state index in [1.807, 2.05) is 31.2 Å². The lowest BCUT2D eigenvalue weighted by molar-refractivity contribution is -0.161. The number of hydrogen-bond donors (Lipinski definition) is 3. The number of nitrogens with zero attached hydrogens (tertiary/aromatic N) is 3. The highest BCUT2D eigenvalue weighted by Gasteiger charge is 2.48. The monoisotopic (exact) mass is 387 g/mol. The van der Waals surface area contributed by atoms with Gasteiger partial charge in [-0.15, -0.1) is 11.3 Å². The number of carbonyl (C=O) groups excluding carboxylic acids is 1. The number of rotatable bonds is 5. The van der Waals surface area contributed by atoms with Crippen LogP contribution in [0.4, 0.5) is 10.9 Å². The number of aromatic nitrogens is 3. The van der Waals surface area contributed by atoms with Crippen molar-refractivity contribution < 1.29 is 14.6 Å². The van der Waals surface area contributed by atoms with E-state index < -0.39 is 11.6 Å². The first-order valence-electron chi connectivity index (χ1n) is 8.32. The van der Waals surface area contributed by atoms with E-state index in [-0.39, 0.29) is 28.8 Å². The van der Waals surface area contributed by atoms with E-state index in [1.165, 1.54) is 10.1 Å². The van der Waals surface area contributed by atoms with E-state index in [2.05, 4.69) is 10.1 Å². The summed E-state index contributed by atoms with van der Waals surface area (Å²) in [5.41, 5.74) is 12.2. The summed E-state index contributed by atoms with van der Waals surface area (Å²) in [5, 5.41) is 17.6. The zero-order chi connectivity index (χ0) is 19.8. The van der Waals surface area contributed by atoms with E-state index in [1.54, 1.807) is 13.8 Å². The van der Waals surface area contributed by atoms with Crippen molar-refractivity contribution in [3.05, 3.63) is 52.2 Å². The van der Waals surface area contributed by atoms with Gasteiger partial charge in [0.2, 0.25) is 5.60 Å². The van der Waals surface area contributed by atoms with Crippen LogP contribution in [0.1, 0.15) is 29.4 Å². The van der Waals surface area contributed by atoms with Crippen molar-refractivity contribution in [1.82, 2.24) is 14.8 Å². The molecular formula is C18H21N5O3S. The number of aliphatic hydroxyl groups is 1. The van der Waals surface area contributed by atoms with E-state index in [0.29, 0.717) is 11.4 Å². The average molecular weight is 387 g/mol. The molecular weight excluding hydrogens is 366 g/mol. The molecule has 2 heterocycles. The highest BCUT2D eigenvalue weighted by atomic mass is 32.1. The van der Waals surface area contributed by atoms with Gasteiger partial charge in [-0.1, -0.05) is 17.7 Å². The lowest BCUT2D eigenvalue weighted by atomic mass is 9.90. The first kappa shape index (κ1) is 18.9. The lowest BCUT2D eigenvalue weighted by Crippen LogP contribution is -2.40. The third kappa shape index (κ3) is 3.15. The van der Waals surface area contributed by atoms with E-state index in [9.17, 15) is 9.90 Å². The maximum absolute atomic E-state index is 12.7. The summed E-state index contributed by atoms with van der Waals surface area (Å²) < 4.78 is 6.58. The molecule has 2 aromatic heterocycles. The van der Waals surface area contributed by atoms with Crippen molar-refractivity contribution in [2.24, 2.45) is 0 Å². The van der Waals surface area contributed by atoms with Crippen molar-refractivity contribution in [2.75, 3.05) is 18.1 Å². The fraction of sp³-hybridized carbons (Fsp3) is 0.278. The molecule has 0 aliphatic heterocycles. The molecule has 0 amide bonds. The molecule has 3 aromatic rings. The summed E-state index contributed by atoms with van der Waals surface area (Å²) >= 11 is 1.11. The fourth-order valence-electron chi connectivity index (χ4n) is 2.90. The number of aryl methyl sites for hydroxylation is 2. The van der Waals surface area contributed by atoms with Crippen LogP contribution in [0.3, 0.4) is 0 Å². The van der Waals surface area contributed by atoms with E-state index in [0.717, 1.165) is 16.9 Å². The van der Waals surface area contributed by atoms with Gasteiger partial charge in [0.15, 0.2) is 5.13 Å². The van der Waals surface area contributed by atoms with Gasteiger partial charge in [-0.3, -0.25) is 0 Å². The molecule has 0 unspecified atom stereocenters. The van der Waals surface area contributed by atoms with Gasteiger partial charge in [-0.05, 0) is 32.9 Å². The molecule has 0 saturated heterocycles. The van der Waals surface area contributed by atoms with Gasteiger partial charge < -0.3 is 21.3 Å². The van der Waals surface area contributed by atoms with E-state index in [4.69, 9.17) is 16.2 Å². The average Bonchev–Trinajstić information content (AvgIpc) is 3.19. The minimum Gasteiger partial charge on any atom is -0.463 e. The number of carbonyl (C=O) groups is 1. The largest absolute Gasteiger partial charge is 0.463 e. The summed E-state index contributed by atoms with van der Waals surface area (Å²) in [4.78, 5) is 16.8. The number of esters is 1. The van der Waals surface area contributed by atoms with Crippen LogP contribution in [0.25, 0.3) is 5.69 Å². The van der Waals surface area contributed by atoms with Crippen LogP contribution in [-0.2, 0) is 15.1 Å². The number of anilines is 2. The van der Waals surface area contributed by atoms with Crippen molar-refractivity contribution in [3.8, 4) is 5.69 Å². The normalized spacial score (nSPS) is 13.3. The number of ether oxygens (including phenoxy) is 1. The molecule has 0 fully saturated rings. The Morgan fingerprint density at radius 3 is 2.52 bits per heavy atom. The highest BCUT2D eigenvalue weighted by molar-refractivity contribution is 7.13. The molecule has 0 radical (unpaired) electrons. The van der Waals surface area contributed by atoms with Crippen LogP contribution >= 0.6 is 11.3 Å². The standard InChI is InChI=1S/C18H21N5O3S/c1-4-26-16(24)18(25,13-9-27-17(20)21-13)14-11(3)22-23(15(14)19)12-7-5-10(2)6-8-12/h5-9,25H,4,19H2,1-3H3,(H2,20,21)/t18-/m0/s1. The minimum atomic E-state index is -2.21. The zero-order valence-electron chi connectivity index (χ0n) is 15.3. The Morgan fingerprint density at radius 2 is 1.96 bits per heavy atom. The summed E-state index contributed by atoms with van der Waals surface area (Å²) in [5.74, 6) is -0.757. The lowest BCUT2D eigenvalue weighted by Gasteiger charge is -2.24. The van der Waals surface area contributed by atoms with Gasteiger partial charge in [0.25, 0.3) is 0 Å². The number of hydrogen-bond acceptors (Lipinski definition) is 8. The Kier molecular flexibility index (Phi) is 4.90.